The lowest BCUT2D eigenvalue weighted by atomic mass is 10.1. The second-order valence-electron chi connectivity index (χ2n) is 2.61. The Morgan fingerprint density at radius 1 is 0.800 bits per heavy atom. The SMILES string of the molecule is CC(F)(F)C(F)(F)C(F)(F)C(F)=C(F)F. The molecule has 0 aromatic carbocycles. The van der Waals surface area contributed by atoms with Crippen LogP contribution in [-0.4, -0.2) is 17.8 Å². The second-order valence-corrected chi connectivity index (χ2v) is 2.61. The third-order valence-electron chi connectivity index (χ3n) is 1.39. The monoisotopic (exact) mass is 246 g/mol. The molecule has 0 bridgehead atoms. The van der Waals surface area contributed by atoms with Gasteiger partial charge in [-0.2, -0.15) is 39.5 Å². The molecule has 9 heteroatoms. The first kappa shape index (κ1) is 14.1. The van der Waals surface area contributed by atoms with Crippen molar-refractivity contribution >= 4 is 0 Å². The summed E-state index contributed by atoms with van der Waals surface area (Å²) < 4.78 is 107. The lowest BCUT2D eigenvalue weighted by Crippen LogP contribution is -2.53. The Bertz CT molecular complexity index is 267. The lowest BCUT2D eigenvalue weighted by molar-refractivity contribution is -0.294. The van der Waals surface area contributed by atoms with Gasteiger partial charge in [0.1, 0.15) is 0 Å². The van der Waals surface area contributed by atoms with E-state index in [1.54, 1.807) is 0 Å². The highest BCUT2D eigenvalue weighted by Gasteiger charge is 2.72. The molecule has 90 valence electrons. The predicted molar refractivity (Wildman–Crippen MR) is 30.9 cm³/mol. The van der Waals surface area contributed by atoms with Crippen LogP contribution in [0.1, 0.15) is 6.92 Å². The Kier molecular flexibility index (Phi) is 3.39. The standard InChI is InChI=1S/C6H3F9/c1-4(10,11)6(14,15)5(12,13)2(7)3(8)9/h1H3. The van der Waals surface area contributed by atoms with E-state index < -0.39 is 36.6 Å². The molecule has 0 radical (unpaired) electrons. The van der Waals surface area contributed by atoms with Gasteiger partial charge in [-0.15, -0.1) is 0 Å². The van der Waals surface area contributed by atoms with E-state index in [0.717, 1.165) is 0 Å². The summed E-state index contributed by atoms with van der Waals surface area (Å²) in [6.07, 6.45) is -3.77. The van der Waals surface area contributed by atoms with Gasteiger partial charge in [0.05, 0.1) is 0 Å². The van der Waals surface area contributed by atoms with Crippen LogP contribution in [0.2, 0.25) is 0 Å². The molecule has 0 saturated carbocycles. The van der Waals surface area contributed by atoms with E-state index >= 15 is 0 Å². The molecular weight excluding hydrogens is 243 g/mol. The van der Waals surface area contributed by atoms with Crippen LogP contribution in [0.25, 0.3) is 0 Å². The van der Waals surface area contributed by atoms with E-state index in [9.17, 15) is 39.5 Å². The Morgan fingerprint density at radius 2 is 1.13 bits per heavy atom. The topological polar surface area (TPSA) is 0 Å². The van der Waals surface area contributed by atoms with E-state index in [2.05, 4.69) is 0 Å². The average Bonchev–Trinajstić information content (AvgIpc) is 2.00. The van der Waals surface area contributed by atoms with Crippen LogP contribution in [-0.2, 0) is 0 Å². The summed E-state index contributed by atoms with van der Waals surface area (Å²) in [4.78, 5) is 0. The van der Waals surface area contributed by atoms with Crippen molar-refractivity contribution in [2.24, 2.45) is 0 Å². The van der Waals surface area contributed by atoms with E-state index in [-0.39, 0.29) is 0 Å². The molecule has 0 saturated heterocycles. The third kappa shape index (κ3) is 2.20. The molecule has 0 N–H and O–H groups in total. The maximum absolute atomic E-state index is 12.2. The van der Waals surface area contributed by atoms with E-state index in [4.69, 9.17) is 0 Å². The minimum Gasteiger partial charge on any atom is -0.200 e. The maximum atomic E-state index is 12.2. The lowest BCUT2D eigenvalue weighted by Gasteiger charge is -2.29. The molecular formula is C6H3F9. The van der Waals surface area contributed by atoms with E-state index in [1.807, 2.05) is 0 Å². The highest BCUT2D eigenvalue weighted by atomic mass is 19.3. The van der Waals surface area contributed by atoms with Crippen LogP contribution >= 0.6 is 0 Å². The van der Waals surface area contributed by atoms with Crippen molar-refractivity contribution in [3.8, 4) is 0 Å². The summed E-state index contributed by atoms with van der Waals surface area (Å²) in [5, 5.41) is 0. The van der Waals surface area contributed by atoms with Crippen LogP contribution in [0.15, 0.2) is 11.9 Å². The molecule has 0 amide bonds. The molecule has 0 heterocycles. The summed E-state index contributed by atoms with van der Waals surface area (Å²) >= 11 is 0. The van der Waals surface area contributed by atoms with Gasteiger partial charge in [0.15, 0.2) is 0 Å². The molecule has 0 aliphatic carbocycles. The van der Waals surface area contributed by atoms with Crippen molar-refractivity contribution in [1.29, 1.82) is 0 Å². The highest BCUT2D eigenvalue weighted by Crippen LogP contribution is 2.50. The number of allylic oxidation sites excluding steroid dienone is 1. The van der Waals surface area contributed by atoms with Gasteiger partial charge >= 0.3 is 23.8 Å². The fraction of sp³-hybridized carbons (Fsp3) is 0.667. The molecule has 0 unspecified atom stereocenters. The van der Waals surface area contributed by atoms with Crippen LogP contribution in [0.4, 0.5) is 39.5 Å². The van der Waals surface area contributed by atoms with Gasteiger partial charge in [0, 0.05) is 6.92 Å². The zero-order valence-electron chi connectivity index (χ0n) is 6.90. The Balaban J connectivity index is 5.49. The number of alkyl halides is 6. The first-order chi connectivity index (χ1) is 6.35. The fourth-order valence-electron chi connectivity index (χ4n) is 0.532. The quantitative estimate of drug-likeness (QED) is 0.660. The highest BCUT2D eigenvalue weighted by molar-refractivity contribution is 5.13. The van der Waals surface area contributed by atoms with E-state index in [0.29, 0.717) is 0 Å². The molecule has 0 spiro atoms. The van der Waals surface area contributed by atoms with Gasteiger partial charge in [-0.1, -0.05) is 0 Å². The van der Waals surface area contributed by atoms with Crippen molar-refractivity contribution in [3.05, 3.63) is 11.9 Å². The first-order valence-corrected chi connectivity index (χ1v) is 3.20. The smallest absolute Gasteiger partial charge is 0.200 e. The van der Waals surface area contributed by atoms with Crippen LogP contribution in [0.5, 0.6) is 0 Å². The maximum Gasteiger partial charge on any atom is 0.378 e. The Morgan fingerprint density at radius 3 is 1.33 bits per heavy atom. The third-order valence-corrected chi connectivity index (χ3v) is 1.39. The summed E-state index contributed by atoms with van der Waals surface area (Å²) in [6, 6.07) is 0. The van der Waals surface area contributed by atoms with Crippen molar-refractivity contribution < 1.29 is 39.5 Å². The van der Waals surface area contributed by atoms with Crippen LogP contribution in [0, 0.1) is 0 Å². The van der Waals surface area contributed by atoms with Crippen LogP contribution < -0.4 is 0 Å². The molecule has 0 fully saturated rings. The molecule has 0 aromatic rings. The molecule has 0 aliphatic heterocycles. The zero-order valence-corrected chi connectivity index (χ0v) is 6.90. The van der Waals surface area contributed by atoms with Gasteiger partial charge in [0.2, 0.25) is 5.83 Å². The molecule has 0 rings (SSSR count). The van der Waals surface area contributed by atoms with Gasteiger partial charge in [-0.3, -0.25) is 0 Å². The Hall–Kier alpha value is -0.890. The fourth-order valence-corrected chi connectivity index (χ4v) is 0.532. The first-order valence-electron chi connectivity index (χ1n) is 3.20. The summed E-state index contributed by atoms with van der Waals surface area (Å²) in [5.74, 6) is -21.7. The Labute approximate surface area is 77.4 Å². The molecule has 0 nitrogen and oxygen atoms in total. The minimum atomic E-state index is -6.26. The number of rotatable bonds is 3. The minimum absolute atomic E-state index is 0.635. The van der Waals surface area contributed by atoms with Gasteiger partial charge in [-0.25, -0.2) is 0 Å². The van der Waals surface area contributed by atoms with E-state index in [1.165, 1.54) is 0 Å². The number of halogens is 9. The normalized spacial score (nSPS) is 14.0. The van der Waals surface area contributed by atoms with Crippen molar-refractivity contribution in [2.45, 2.75) is 24.7 Å². The van der Waals surface area contributed by atoms with Crippen LogP contribution in [0.3, 0.4) is 0 Å². The average molecular weight is 246 g/mol. The van der Waals surface area contributed by atoms with Gasteiger partial charge in [0.25, 0.3) is 0 Å². The molecule has 15 heavy (non-hydrogen) atoms. The van der Waals surface area contributed by atoms with Crippen molar-refractivity contribution in [3.63, 3.8) is 0 Å². The van der Waals surface area contributed by atoms with Gasteiger partial charge in [-0.05, 0) is 0 Å². The molecule has 0 aromatic heterocycles. The van der Waals surface area contributed by atoms with Gasteiger partial charge < -0.3 is 0 Å². The summed E-state index contributed by atoms with van der Waals surface area (Å²) in [5.41, 5.74) is 0. The summed E-state index contributed by atoms with van der Waals surface area (Å²) in [7, 11) is 0. The predicted octanol–water partition coefficient (Wildman–Crippen LogP) is 3.99. The number of hydrogen-bond donors (Lipinski definition) is 0. The second kappa shape index (κ2) is 3.60. The molecule has 0 atom stereocenters. The number of hydrogen-bond acceptors (Lipinski definition) is 0. The largest absolute Gasteiger partial charge is 0.378 e. The zero-order chi connectivity index (χ0) is 12.7. The summed E-state index contributed by atoms with van der Waals surface area (Å²) in [6.45, 7) is -0.635. The van der Waals surface area contributed by atoms with Crippen molar-refractivity contribution in [1.82, 2.24) is 0 Å². The molecule has 0 aliphatic rings. The van der Waals surface area contributed by atoms with Crippen molar-refractivity contribution in [2.75, 3.05) is 0 Å².